The van der Waals surface area contributed by atoms with Crippen molar-refractivity contribution < 1.29 is 9.53 Å². The summed E-state index contributed by atoms with van der Waals surface area (Å²) in [5.74, 6) is 2.09. The van der Waals surface area contributed by atoms with Crippen molar-refractivity contribution in [1.82, 2.24) is 15.1 Å². The highest BCUT2D eigenvalue weighted by Crippen LogP contribution is 2.26. The van der Waals surface area contributed by atoms with Gasteiger partial charge in [-0.3, -0.25) is 9.79 Å². The van der Waals surface area contributed by atoms with Crippen molar-refractivity contribution in [3.8, 4) is 5.75 Å². The first-order valence-corrected chi connectivity index (χ1v) is 9.99. The number of halogens is 1. The third-order valence-corrected chi connectivity index (χ3v) is 5.18. The van der Waals surface area contributed by atoms with Crippen molar-refractivity contribution in [3.05, 3.63) is 65.7 Å². The number of carbonyl (C=O) groups is 1. The first-order valence-electron chi connectivity index (χ1n) is 9.99. The van der Waals surface area contributed by atoms with Crippen molar-refractivity contribution >= 4 is 35.8 Å². The SMILES string of the molecule is CN=C(NCc1cccc(OCC(=O)N(C)C)c1)N1CCC(c2ccccc2)C1.I. The van der Waals surface area contributed by atoms with Crippen LogP contribution in [-0.4, -0.2) is 62.5 Å². The molecule has 0 spiro atoms. The number of nitrogens with one attached hydrogen (secondary N) is 1. The van der Waals surface area contributed by atoms with E-state index >= 15 is 0 Å². The van der Waals surface area contributed by atoms with Crippen LogP contribution < -0.4 is 10.1 Å². The maximum atomic E-state index is 11.7. The standard InChI is InChI=1S/C23H30N4O2.HI/c1-24-23(27-13-12-20(16-27)19-9-5-4-6-10-19)25-15-18-8-7-11-21(14-18)29-17-22(28)26(2)3;/h4-11,14,20H,12-13,15-17H2,1-3H3,(H,24,25);1H. The minimum atomic E-state index is -0.0593. The van der Waals surface area contributed by atoms with Gasteiger partial charge >= 0.3 is 0 Å². The summed E-state index contributed by atoms with van der Waals surface area (Å²) in [6.45, 7) is 2.66. The number of aliphatic imine (C=N–C) groups is 1. The average Bonchev–Trinajstić information content (AvgIpc) is 3.23. The zero-order valence-electron chi connectivity index (χ0n) is 17.9. The number of ether oxygens (including phenoxy) is 1. The number of hydrogen-bond acceptors (Lipinski definition) is 3. The maximum absolute atomic E-state index is 11.7. The molecule has 3 rings (SSSR count). The number of nitrogens with zero attached hydrogens (tertiary/aromatic N) is 3. The highest BCUT2D eigenvalue weighted by atomic mass is 127. The molecule has 1 aliphatic rings. The number of guanidine groups is 1. The van der Waals surface area contributed by atoms with E-state index in [2.05, 4.69) is 45.5 Å². The molecule has 0 aliphatic carbocycles. The molecule has 0 saturated carbocycles. The Morgan fingerprint density at radius 2 is 1.97 bits per heavy atom. The Morgan fingerprint density at radius 3 is 2.67 bits per heavy atom. The molecule has 0 aromatic heterocycles. The third kappa shape index (κ3) is 6.62. The smallest absolute Gasteiger partial charge is 0.259 e. The lowest BCUT2D eigenvalue weighted by Gasteiger charge is -2.22. The molecule has 1 unspecified atom stereocenters. The molecule has 1 heterocycles. The average molecular weight is 522 g/mol. The van der Waals surface area contributed by atoms with Crippen LogP contribution in [0.3, 0.4) is 0 Å². The van der Waals surface area contributed by atoms with Gasteiger partial charge in [-0.1, -0.05) is 42.5 Å². The predicted molar refractivity (Wildman–Crippen MR) is 132 cm³/mol. The van der Waals surface area contributed by atoms with Gasteiger partial charge in [0, 0.05) is 46.7 Å². The van der Waals surface area contributed by atoms with Gasteiger partial charge < -0.3 is 19.9 Å². The molecule has 1 amide bonds. The molecule has 162 valence electrons. The molecular formula is C23H31IN4O2. The van der Waals surface area contributed by atoms with Crippen LogP contribution >= 0.6 is 24.0 Å². The molecule has 30 heavy (non-hydrogen) atoms. The molecule has 1 fully saturated rings. The molecule has 2 aromatic carbocycles. The van der Waals surface area contributed by atoms with Crippen LogP contribution in [0.25, 0.3) is 0 Å². The molecule has 0 bridgehead atoms. The van der Waals surface area contributed by atoms with Gasteiger partial charge in [-0.05, 0) is 29.7 Å². The van der Waals surface area contributed by atoms with Gasteiger partial charge in [0.15, 0.2) is 12.6 Å². The summed E-state index contributed by atoms with van der Waals surface area (Å²) >= 11 is 0. The Hall–Kier alpha value is -2.29. The summed E-state index contributed by atoms with van der Waals surface area (Å²) in [5.41, 5.74) is 2.47. The van der Waals surface area contributed by atoms with Gasteiger partial charge in [-0.15, -0.1) is 24.0 Å². The second kappa shape index (κ2) is 11.8. The minimum Gasteiger partial charge on any atom is -0.484 e. The van der Waals surface area contributed by atoms with E-state index in [0.29, 0.717) is 18.2 Å². The molecule has 6 nitrogen and oxygen atoms in total. The van der Waals surface area contributed by atoms with Gasteiger partial charge in [0.05, 0.1) is 0 Å². The molecule has 1 N–H and O–H groups in total. The van der Waals surface area contributed by atoms with Crippen molar-refractivity contribution in [3.63, 3.8) is 0 Å². The number of likely N-dealkylation sites (tertiary alicyclic amines) is 1. The summed E-state index contributed by atoms with van der Waals surface area (Å²) in [6, 6.07) is 18.5. The lowest BCUT2D eigenvalue weighted by Crippen LogP contribution is -2.39. The highest BCUT2D eigenvalue weighted by molar-refractivity contribution is 14.0. The Labute approximate surface area is 196 Å². The summed E-state index contributed by atoms with van der Waals surface area (Å²) in [4.78, 5) is 20.0. The van der Waals surface area contributed by atoms with E-state index in [9.17, 15) is 4.79 Å². The van der Waals surface area contributed by atoms with E-state index < -0.39 is 0 Å². The lowest BCUT2D eigenvalue weighted by atomic mass is 9.99. The van der Waals surface area contributed by atoms with E-state index in [1.807, 2.05) is 31.3 Å². The summed E-state index contributed by atoms with van der Waals surface area (Å²) in [6.07, 6.45) is 1.13. The Morgan fingerprint density at radius 1 is 1.20 bits per heavy atom. The van der Waals surface area contributed by atoms with Crippen LogP contribution in [0.5, 0.6) is 5.75 Å². The fourth-order valence-corrected chi connectivity index (χ4v) is 3.48. The quantitative estimate of drug-likeness (QED) is 0.360. The van der Waals surface area contributed by atoms with E-state index in [1.54, 1.807) is 14.1 Å². The molecule has 1 aliphatic heterocycles. The monoisotopic (exact) mass is 522 g/mol. The molecule has 2 aromatic rings. The second-order valence-corrected chi connectivity index (χ2v) is 7.47. The highest BCUT2D eigenvalue weighted by Gasteiger charge is 2.25. The number of benzene rings is 2. The van der Waals surface area contributed by atoms with E-state index in [0.717, 1.165) is 31.0 Å². The first kappa shape index (κ1) is 24.0. The zero-order valence-corrected chi connectivity index (χ0v) is 20.2. The molecule has 0 radical (unpaired) electrons. The van der Waals surface area contributed by atoms with E-state index in [1.165, 1.54) is 10.5 Å². The number of likely N-dealkylation sites (N-methyl/N-ethyl adjacent to an activating group) is 1. The molecular weight excluding hydrogens is 491 g/mol. The Balaban J connectivity index is 0.00000320. The third-order valence-electron chi connectivity index (χ3n) is 5.18. The van der Waals surface area contributed by atoms with Gasteiger partial charge in [-0.25, -0.2) is 0 Å². The van der Waals surface area contributed by atoms with Crippen molar-refractivity contribution in [2.75, 3.05) is 40.8 Å². The van der Waals surface area contributed by atoms with Crippen LogP contribution in [0, 0.1) is 0 Å². The molecule has 7 heteroatoms. The second-order valence-electron chi connectivity index (χ2n) is 7.47. The van der Waals surface area contributed by atoms with E-state index in [-0.39, 0.29) is 36.5 Å². The van der Waals surface area contributed by atoms with Crippen molar-refractivity contribution in [2.45, 2.75) is 18.9 Å². The fraction of sp³-hybridized carbons (Fsp3) is 0.391. The van der Waals surface area contributed by atoms with Crippen LogP contribution in [0.15, 0.2) is 59.6 Å². The lowest BCUT2D eigenvalue weighted by molar-refractivity contribution is -0.130. The number of carbonyl (C=O) groups excluding carboxylic acids is 1. The summed E-state index contributed by atoms with van der Waals surface area (Å²) in [5, 5.41) is 3.46. The number of rotatable bonds is 6. The fourth-order valence-electron chi connectivity index (χ4n) is 3.48. The Kier molecular flexibility index (Phi) is 9.42. The van der Waals surface area contributed by atoms with Gasteiger partial charge in [0.25, 0.3) is 5.91 Å². The minimum absolute atomic E-state index is 0. The maximum Gasteiger partial charge on any atom is 0.259 e. The largest absolute Gasteiger partial charge is 0.484 e. The number of amides is 1. The van der Waals surface area contributed by atoms with Crippen molar-refractivity contribution in [2.24, 2.45) is 4.99 Å². The molecule has 1 atom stereocenters. The van der Waals surface area contributed by atoms with Gasteiger partial charge in [0.2, 0.25) is 0 Å². The van der Waals surface area contributed by atoms with Crippen LogP contribution in [0.2, 0.25) is 0 Å². The first-order chi connectivity index (χ1) is 14.1. The number of hydrogen-bond donors (Lipinski definition) is 1. The Bertz CT molecular complexity index is 842. The summed E-state index contributed by atoms with van der Waals surface area (Å²) in [7, 11) is 5.27. The van der Waals surface area contributed by atoms with Gasteiger partial charge in [0.1, 0.15) is 5.75 Å². The normalized spacial score (nSPS) is 16.0. The van der Waals surface area contributed by atoms with Crippen LogP contribution in [0.1, 0.15) is 23.5 Å². The van der Waals surface area contributed by atoms with Crippen LogP contribution in [-0.2, 0) is 11.3 Å². The van der Waals surface area contributed by atoms with Crippen molar-refractivity contribution in [1.29, 1.82) is 0 Å². The zero-order chi connectivity index (χ0) is 20.6. The predicted octanol–water partition coefficient (Wildman–Crippen LogP) is 3.34. The van der Waals surface area contributed by atoms with E-state index in [4.69, 9.17) is 4.74 Å². The summed E-state index contributed by atoms with van der Waals surface area (Å²) < 4.78 is 5.61. The topological polar surface area (TPSA) is 57.2 Å². The molecule has 1 saturated heterocycles. The van der Waals surface area contributed by atoms with Crippen LogP contribution in [0.4, 0.5) is 0 Å². The van der Waals surface area contributed by atoms with Gasteiger partial charge in [-0.2, -0.15) is 0 Å².